The summed E-state index contributed by atoms with van der Waals surface area (Å²) in [6.07, 6.45) is 1.81. The number of nitrogens with zero attached hydrogens (tertiary/aromatic N) is 1. The number of thioether (sulfide) groups is 2. The molecule has 0 bridgehead atoms. The van der Waals surface area contributed by atoms with Crippen LogP contribution >= 0.6 is 23.5 Å². The van der Waals surface area contributed by atoms with Gasteiger partial charge in [-0.15, -0.1) is 11.8 Å². The Balaban J connectivity index is 2.93. The Bertz CT molecular complexity index is 493. The third-order valence-corrected chi connectivity index (χ3v) is 4.27. The fourth-order valence-corrected chi connectivity index (χ4v) is 2.67. The fraction of sp³-hybridized carbons (Fsp3) is 0.462. The van der Waals surface area contributed by atoms with E-state index in [1.54, 1.807) is 23.9 Å². The number of carbonyl (C=O) groups excluding carboxylic acids is 1. The highest BCUT2D eigenvalue weighted by Gasteiger charge is 2.16. The zero-order valence-corrected chi connectivity index (χ0v) is 13.3. The van der Waals surface area contributed by atoms with Gasteiger partial charge in [0.05, 0.1) is 10.7 Å². The van der Waals surface area contributed by atoms with Gasteiger partial charge in [-0.2, -0.15) is 11.8 Å². The summed E-state index contributed by atoms with van der Waals surface area (Å²) in [6.45, 7) is 4.22. The topological polar surface area (TPSA) is 72.2 Å². The van der Waals surface area contributed by atoms with Crippen molar-refractivity contribution in [1.82, 2.24) is 0 Å². The standard InChI is InChI=1S/C13H18N2O3S2/c1-9(2)7-20-10-4-5-12(15(17)18)11(6-10)14-13(16)8-19-3/h4-6,9H,7-8H2,1-3H3,(H,14,16). The Kier molecular flexibility index (Phi) is 6.87. The number of nitro benzene ring substituents is 1. The molecule has 0 heterocycles. The van der Waals surface area contributed by atoms with E-state index < -0.39 is 4.92 Å². The van der Waals surface area contributed by atoms with Crippen LogP contribution in [0.4, 0.5) is 11.4 Å². The summed E-state index contributed by atoms with van der Waals surface area (Å²) in [5, 5.41) is 13.6. The van der Waals surface area contributed by atoms with E-state index in [4.69, 9.17) is 0 Å². The average Bonchev–Trinajstić information content (AvgIpc) is 2.36. The van der Waals surface area contributed by atoms with Crippen molar-refractivity contribution in [2.45, 2.75) is 18.7 Å². The molecule has 1 aromatic rings. The third-order valence-electron chi connectivity index (χ3n) is 2.30. The van der Waals surface area contributed by atoms with E-state index in [0.717, 1.165) is 10.6 Å². The van der Waals surface area contributed by atoms with Gasteiger partial charge in [0.2, 0.25) is 5.91 Å². The lowest BCUT2D eigenvalue weighted by atomic mass is 10.2. The second-order valence-corrected chi connectivity index (χ2v) is 6.58. The van der Waals surface area contributed by atoms with Crippen molar-refractivity contribution in [3.05, 3.63) is 28.3 Å². The molecule has 7 heteroatoms. The lowest BCUT2D eigenvalue weighted by Gasteiger charge is -2.09. The number of anilines is 1. The predicted octanol–water partition coefficient (Wildman–Crippen LogP) is 3.64. The minimum atomic E-state index is -0.481. The molecule has 0 radical (unpaired) electrons. The smallest absolute Gasteiger partial charge is 0.292 e. The van der Waals surface area contributed by atoms with Crippen molar-refractivity contribution in [2.75, 3.05) is 23.1 Å². The lowest BCUT2D eigenvalue weighted by molar-refractivity contribution is -0.384. The van der Waals surface area contributed by atoms with Crippen LogP contribution in [-0.4, -0.2) is 28.6 Å². The molecular weight excluding hydrogens is 296 g/mol. The van der Waals surface area contributed by atoms with Gasteiger partial charge < -0.3 is 5.32 Å². The van der Waals surface area contributed by atoms with Crippen molar-refractivity contribution in [3.8, 4) is 0 Å². The minimum absolute atomic E-state index is 0.0756. The van der Waals surface area contributed by atoms with Gasteiger partial charge >= 0.3 is 0 Å². The number of amides is 1. The summed E-state index contributed by atoms with van der Waals surface area (Å²) in [6, 6.07) is 4.83. The summed E-state index contributed by atoms with van der Waals surface area (Å²) in [5.41, 5.74) is 0.191. The van der Waals surface area contributed by atoms with Crippen LogP contribution in [0.1, 0.15) is 13.8 Å². The first kappa shape index (κ1) is 16.8. The highest BCUT2D eigenvalue weighted by atomic mass is 32.2. The van der Waals surface area contributed by atoms with E-state index >= 15 is 0 Å². The van der Waals surface area contributed by atoms with E-state index in [1.165, 1.54) is 17.8 Å². The van der Waals surface area contributed by atoms with Gasteiger partial charge in [-0.3, -0.25) is 14.9 Å². The summed E-state index contributed by atoms with van der Waals surface area (Å²) in [4.78, 5) is 23.0. The van der Waals surface area contributed by atoms with E-state index in [1.807, 2.05) is 6.26 Å². The number of nitrogens with one attached hydrogen (secondary N) is 1. The quantitative estimate of drug-likeness (QED) is 0.472. The molecule has 0 aliphatic carbocycles. The van der Waals surface area contributed by atoms with Crippen LogP contribution in [0.3, 0.4) is 0 Å². The average molecular weight is 314 g/mol. The molecule has 0 saturated heterocycles. The molecule has 0 fully saturated rings. The van der Waals surface area contributed by atoms with Crippen molar-refractivity contribution in [1.29, 1.82) is 0 Å². The Labute approximate surface area is 127 Å². The summed E-state index contributed by atoms with van der Waals surface area (Å²) in [7, 11) is 0. The van der Waals surface area contributed by atoms with Crippen molar-refractivity contribution < 1.29 is 9.72 Å². The molecular formula is C13H18N2O3S2. The van der Waals surface area contributed by atoms with Crippen LogP contribution in [0.25, 0.3) is 0 Å². The molecule has 1 rings (SSSR count). The summed E-state index contributed by atoms with van der Waals surface area (Å²) in [5.74, 6) is 1.51. The van der Waals surface area contributed by atoms with Gasteiger partial charge in [0.1, 0.15) is 5.69 Å². The number of hydrogen-bond donors (Lipinski definition) is 1. The molecule has 1 N–H and O–H groups in total. The zero-order chi connectivity index (χ0) is 15.1. The van der Waals surface area contributed by atoms with Gasteiger partial charge in [0.15, 0.2) is 0 Å². The summed E-state index contributed by atoms with van der Waals surface area (Å²) >= 11 is 3.00. The van der Waals surface area contributed by atoms with Crippen LogP contribution in [0.2, 0.25) is 0 Å². The van der Waals surface area contributed by atoms with Gasteiger partial charge in [-0.25, -0.2) is 0 Å². The monoisotopic (exact) mass is 314 g/mol. The van der Waals surface area contributed by atoms with E-state index in [-0.39, 0.29) is 23.0 Å². The molecule has 0 aromatic heterocycles. The van der Waals surface area contributed by atoms with Crippen LogP contribution in [-0.2, 0) is 4.79 Å². The van der Waals surface area contributed by atoms with Gasteiger partial charge in [-0.1, -0.05) is 13.8 Å². The highest BCUT2D eigenvalue weighted by Crippen LogP contribution is 2.31. The van der Waals surface area contributed by atoms with E-state index in [2.05, 4.69) is 19.2 Å². The maximum absolute atomic E-state index is 11.6. The molecule has 0 atom stereocenters. The van der Waals surface area contributed by atoms with Gasteiger partial charge in [-0.05, 0) is 24.3 Å². The van der Waals surface area contributed by atoms with Gasteiger partial charge in [0, 0.05) is 16.7 Å². The molecule has 5 nitrogen and oxygen atoms in total. The Hall–Kier alpha value is -1.21. The Morgan fingerprint density at radius 3 is 2.70 bits per heavy atom. The Morgan fingerprint density at radius 2 is 2.15 bits per heavy atom. The molecule has 0 unspecified atom stereocenters. The summed E-state index contributed by atoms with van der Waals surface area (Å²) < 4.78 is 0. The highest BCUT2D eigenvalue weighted by molar-refractivity contribution is 7.99. The largest absolute Gasteiger partial charge is 0.320 e. The fourth-order valence-electron chi connectivity index (χ4n) is 1.44. The first-order valence-corrected chi connectivity index (χ1v) is 8.52. The molecule has 110 valence electrons. The van der Waals surface area contributed by atoms with Crippen molar-refractivity contribution >= 4 is 40.8 Å². The molecule has 0 aliphatic rings. The third kappa shape index (κ3) is 5.42. The molecule has 20 heavy (non-hydrogen) atoms. The molecule has 0 aliphatic heterocycles. The van der Waals surface area contributed by atoms with Crippen molar-refractivity contribution in [2.24, 2.45) is 5.92 Å². The van der Waals surface area contributed by atoms with Crippen LogP contribution in [0.5, 0.6) is 0 Å². The molecule has 0 spiro atoms. The number of carbonyl (C=O) groups is 1. The lowest BCUT2D eigenvalue weighted by Crippen LogP contribution is -2.15. The van der Waals surface area contributed by atoms with E-state index in [9.17, 15) is 14.9 Å². The SMILES string of the molecule is CSCC(=O)Nc1cc(SCC(C)C)ccc1[N+](=O)[O-]. The Morgan fingerprint density at radius 1 is 1.45 bits per heavy atom. The predicted molar refractivity (Wildman–Crippen MR) is 85.7 cm³/mol. The zero-order valence-electron chi connectivity index (χ0n) is 11.7. The molecule has 0 saturated carbocycles. The van der Waals surface area contributed by atoms with Crippen LogP contribution < -0.4 is 5.32 Å². The normalized spacial score (nSPS) is 10.6. The first-order chi connectivity index (χ1) is 9.43. The number of rotatable bonds is 7. The minimum Gasteiger partial charge on any atom is -0.320 e. The van der Waals surface area contributed by atoms with Crippen LogP contribution in [0, 0.1) is 16.0 Å². The van der Waals surface area contributed by atoms with Gasteiger partial charge in [0.25, 0.3) is 5.69 Å². The maximum Gasteiger partial charge on any atom is 0.292 e. The van der Waals surface area contributed by atoms with E-state index in [0.29, 0.717) is 5.92 Å². The second-order valence-electron chi connectivity index (χ2n) is 4.62. The van der Waals surface area contributed by atoms with Crippen LogP contribution in [0.15, 0.2) is 23.1 Å². The first-order valence-electron chi connectivity index (χ1n) is 6.14. The second kappa shape index (κ2) is 8.16. The number of hydrogen-bond acceptors (Lipinski definition) is 5. The maximum atomic E-state index is 11.6. The molecule has 1 amide bonds. The number of benzene rings is 1. The van der Waals surface area contributed by atoms with Crippen molar-refractivity contribution in [3.63, 3.8) is 0 Å². The number of nitro groups is 1. The molecule has 1 aromatic carbocycles.